The van der Waals surface area contributed by atoms with Crippen LogP contribution >= 0.6 is 15.9 Å². The average molecular weight is 489 g/mol. The van der Waals surface area contributed by atoms with Gasteiger partial charge in [-0.25, -0.2) is 14.4 Å². The van der Waals surface area contributed by atoms with Gasteiger partial charge in [-0.15, -0.1) is 0 Å². The van der Waals surface area contributed by atoms with E-state index >= 15 is 0 Å². The van der Waals surface area contributed by atoms with Crippen LogP contribution in [0.15, 0.2) is 41.3 Å². The van der Waals surface area contributed by atoms with Crippen LogP contribution in [0, 0.1) is 11.7 Å². The molecule has 166 valence electrons. The SMILES string of the molecule is Nc1ncnc2c1c(Br)cn2C1CCC(CNCCCNCCc2ccccc2F)C1. The molecule has 0 aliphatic heterocycles. The van der Waals surface area contributed by atoms with E-state index in [0.717, 1.165) is 72.9 Å². The van der Waals surface area contributed by atoms with Gasteiger partial charge < -0.3 is 20.9 Å². The molecule has 1 aromatic carbocycles. The number of nitrogens with two attached hydrogens (primary N) is 1. The Morgan fingerprint density at radius 3 is 2.84 bits per heavy atom. The Morgan fingerprint density at radius 2 is 1.97 bits per heavy atom. The first-order chi connectivity index (χ1) is 15.1. The monoisotopic (exact) mass is 488 g/mol. The first kappa shape index (κ1) is 22.2. The second-order valence-corrected chi connectivity index (χ2v) is 9.18. The van der Waals surface area contributed by atoms with Gasteiger partial charge in [0.05, 0.1) is 5.39 Å². The van der Waals surface area contributed by atoms with Crippen LogP contribution in [0.1, 0.15) is 37.3 Å². The van der Waals surface area contributed by atoms with E-state index in [0.29, 0.717) is 17.8 Å². The third kappa shape index (κ3) is 5.42. The molecular formula is C23H30BrFN6. The highest BCUT2D eigenvalue weighted by Gasteiger charge is 2.27. The first-order valence-corrected chi connectivity index (χ1v) is 11.8. The smallest absolute Gasteiger partial charge is 0.146 e. The molecule has 4 rings (SSSR count). The number of nitrogen functional groups attached to an aromatic ring is 1. The number of benzene rings is 1. The number of aromatic nitrogens is 3. The molecule has 0 radical (unpaired) electrons. The Labute approximate surface area is 191 Å². The molecule has 1 saturated carbocycles. The molecular weight excluding hydrogens is 459 g/mol. The summed E-state index contributed by atoms with van der Waals surface area (Å²) in [5, 5.41) is 7.92. The molecule has 0 amide bonds. The summed E-state index contributed by atoms with van der Waals surface area (Å²) >= 11 is 3.61. The van der Waals surface area contributed by atoms with Crippen LogP contribution in [-0.2, 0) is 6.42 Å². The summed E-state index contributed by atoms with van der Waals surface area (Å²) in [4.78, 5) is 8.58. The molecule has 31 heavy (non-hydrogen) atoms. The van der Waals surface area contributed by atoms with Crippen molar-refractivity contribution < 1.29 is 4.39 Å². The van der Waals surface area contributed by atoms with Crippen LogP contribution in [0.25, 0.3) is 11.0 Å². The number of nitrogens with zero attached hydrogens (tertiary/aromatic N) is 3. The Hall–Kier alpha value is -2.03. The third-order valence-electron chi connectivity index (χ3n) is 6.17. The van der Waals surface area contributed by atoms with Crippen molar-refractivity contribution in [2.24, 2.45) is 5.92 Å². The van der Waals surface area contributed by atoms with E-state index in [4.69, 9.17) is 5.73 Å². The second kappa shape index (κ2) is 10.5. The van der Waals surface area contributed by atoms with Crippen LogP contribution in [0.5, 0.6) is 0 Å². The molecule has 1 aliphatic carbocycles. The van der Waals surface area contributed by atoms with Gasteiger partial charge in [0.15, 0.2) is 0 Å². The second-order valence-electron chi connectivity index (χ2n) is 8.32. The van der Waals surface area contributed by atoms with E-state index in [-0.39, 0.29) is 5.82 Å². The van der Waals surface area contributed by atoms with Crippen LogP contribution in [-0.4, -0.2) is 40.7 Å². The van der Waals surface area contributed by atoms with Gasteiger partial charge in [0.1, 0.15) is 23.6 Å². The quantitative estimate of drug-likeness (QED) is 0.374. The third-order valence-corrected chi connectivity index (χ3v) is 6.77. The summed E-state index contributed by atoms with van der Waals surface area (Å²) in [7, 11) is 0. The fourth-order valence-electron chi connectivity index (χ4n) is 4.52. The van der Waals surface area contributed by atoms with E-state index in [1.54, 1.807) is 12.4 Å². The van der Waals surface area contributed by atoms with E-state index in [1.165, 1.54) is 12.5 Å². The lowest BCUT2D eigenvalue weighted by Gasteiger charge is -2.15. The summed E-state index contributed by atoms with van der Waals surface area (Å²) in [6.45, 7) is 3.79. The van der Waals surface area contributed by atoms with Crippen molar-refractivity contribution in [3.63, 3.8) is 0 Å². The molecule has 3 aromatic rings. The zero-order valence-electron chi connectivity index (χ0n) is 17.7. The lowest BCUT2D eigenvalue weighted by Crippen LogP contribution is -2.26. The van der Waals surface area contributed by atoms with Crippen LogP contribution in [0.4, 0.5) is 10.2 Å². The minimum atomic E-state index is -0.114. The van der Waals surface area contributed by atoms with Crippen molar-refractivity contribution in [1.29, 1.82) is 0 Å². The van der Waals surface area contributed by atoms with Gasteiger partial charge in [-0.2, -0.15) is 0 Å². The van der Waals surface area contributed by atoms with Crippen LogP contribution in [0.3, 0.4) is 0 Å². The Morgan fingerprint density at radius 1 is 1.13 bits per heavy atom. The van der Waals surface area contributed by atoms with Crippen molar-refractivity contribution in [3.8, 4) is 0 Å². The van der Waals surface area contributed by atoms with Gasteiger partial charge in [-0.05, 0) is 91.8 Å². The van der Waals surface area contributed by atoms with Gasteiger partial charge >= 0.3 is 0 Å². The minimum Gasteiger partial charge on any atom is -0.383 e. The van der Waals surface area contributed by atoms with Gasteiger partial charge in [-0.3, -0.25) is 0 Å². The van der Waals surface area contributed by atoms with Crippen molar-refractivity contribution in [1.82, 2.24) is 25.2 Å². The zero-order valence-corrected chi connectivity index (χ0v) is 19.2. The standard InChI is InChI=1S/C23H30BrFN6/c24-19-14-31(23-21(19)22(26)29-15-30-23)18-7-6-16(12-18)13-28-10-3-9-27-11-8-17-4-1-2-5-20(17)25/h1-2,4-5,14-16,18,27-28H,3,6-13H2,(H2,26,29,30). The van der Waals surface area contributed by atoms with Gasteiger partial charge in [-0.1, -0.05) is 18.2 Å². The fourth-order valence-corrected chi connectivity index (χ4v) is 5.12. The molecule has 1 fully saturated rings. The van der Waals surface area contributed by atoms with Crippen LogP contribution in [0.2, 0.25) is 0 Å². The number of nitrogens with one attached hydrogen (secondary N) is 2. The summed E-state index contributed by atoms with van der Waals surface area (Å²) in [5.74, 6) is 1.08. The van der Waals surface area contributed by atoms with Crippen molar-refractivity contribution >= 4 is 32.8 Å². The summed E-state index contributed by atoms with van der Waals surface area (Å²) < 4.78 is 16.8. The van der Waals surface area contributed by atoms with Gasteiger partial charge in [0.25, 0.3) is 0 Å². The predicted octanol–water partition coefficient (Wildman–Crippen LogP) is 4.07. The van der Waals surface area contributed by atoms with E-state index in [1.807, 2.05) is 12.1 Å². The molecule has 8 heteroatoms. The molecule has 2 heterocycles. The number of rotatable bonds is 10. The van der Waals surface area contributed by atoms with E-state index < -0.39 is 0 Å². The molecule has 2 aromatic heterocycles. The molecule has 6 nitrogen and oxygen atoms in total. The van der Waals surface area contributed by atoms with Crippen molar-refractivity contribution in [3.05, 3.63) is 52.6 Å². The maximum atomic E-state index is 13.6. The molecule has 0 bridgehead atoms. The molecule has 2 atom stereocenters. The largest absolute Gasteiger partial charge is 0.383 e. The minimum absolute atomic E-state index is 0.114. The topological polar surface area (TPSA) is 80.8 Å². The van der Waals surface area contributed by atoms with E-state index in [9.17, 15) is 4.39 Å². The Kier molecular flexibility index (Phi) is 7.53. The Bertz CT molecular complexity index is 1010. The lowest BCUT2D eigenvalue weighted by molar-refractivity contribution is 0.452. The fraction of sp³-hybridized carbons (Fsp3) is 0.478. The summed E-state index contributed by atoms with van der Waals surface area (Å²) in [6, 6.07) is 7.44. The average Bonchev–Trinajstić information content (AvgIpc) is 3.36. The lowest BCUT2D eigenvalue weighted by atomic mass is 10.1. The number of hydrogen-bond donors (Lipinski definition) is 3. The number of hydrogen-bond acceptors (Lipinski definition) is 5. The van der Waals surface area contributed by atoms with Crippen molar-refractivity contribution in [2.45, 2.75) is 38.1 Å². The highest BCUT2D eigenvalue weighted by Crippen LogP contribution is 2.39. The highest BCUT2D eigenvalue weighted by atomic mass is 79.9. The molecule has 2 unspecified atom stereocenters. The normalized spacial score (nSPS) is 18.8. The van der Waals surface area contributed by atoms with Gasteiger partial charge in [0.2, 0.25) is 0 Å². The zero-order chi connectivity index (χ0) is 21.6. The van der Waals surface area contributed by atoms with Crippen molar-refractivity contribution in [2.75, 3.05) is 31.9 Å². The molecule has 1 aliphatic rings. The maximum absolute atomic E-state index is 13.6. The summed E-state index contributed by atoms with van der Waals surface area (Å²) in [6.07, 6.45) is 8.96. The number of anilines is 1. The molecule has 0 saturated heterocycles. The van der Waals surface area contributed by atoms with Crippen LogP contribution < -0.4 is 16.4 Å². The number of halogens is 2. The summed E-state index contributed by atoms with van der Waals surface area (Å²) in [5.41, 5.74) is 7.73. The highest BCUT2D eigenvalue weighted by molar-refractivity contribution is 9.10. The molecule has 4 N–H and O–H groups in total. The van der Waals surface area contributed by atoms with E-state index in [2.05, 4.69) is 47.3 Å². The predicted molar refractivity (Wildman–Crippen MR) is 126 cm³/mol. The maximum Gasteiger partial charge on any atom is 0.146 e. The number of fused-ring (bicyclic) bond motifs is 1. The van der Waals surface area contributed by atoms with Gasteiger partial charge in [0, 0.05) is 16.7 Å². The Balaban J connectivity index is 1.14. The first-order valence-electron chi connectivity index (χ1n) is 11.0. The molecule has 0 spiro atoms.